The van der Waals surface area contributed by atoms with Crippen LogP contribution >= 0.6 is 0 Å². The van der Waals surface area contributed by atoms with Crippen LogP contribution in [0.5, 0.6) is 0 Å². The molecule has 9 heteroatoms. The molecule has 0 radical (unpaired) electrons. The van der Waals surface area contributed by atoms with E-state index in [1.165, 1.54) is 11.1 Å². The van der Waals surface area contributed by atoms with Gasteiger partial charge in [-0.3, -0.25) is 14.9 Å². The van der Waals surface area contributed by atoms with Crippen LogP contribution < -0.4 is 0 Å². The number of carbonyl (C=O) groups excluding carboxylic acids is 1. The Morgan fingerprint density at radius 2 is 2.11 bits per heavy atom. The number of nitrogens with one attached hydrogen (secondary N) is 1. The predicted molar refractivity (Wildman–Crippen MR) is 91.4 cm³/mol. The highest BCUT2D eigenvalue weighted by Gasteiger charge is 2.32. The average molecular weight is 370 g/mol. The van der Waals surface area contributed by atoms with Gasteiger partial charge in [0.25, 0.3) is 5.91 Å². The maximum Gasteiger partial charge on any atom is 0.257 e. The smallest absolute Gasteiger partial charge is 0.257 e. The Morgan fingerprint density at radius 1 is 1.22 bits per heavy atom. The number of carbonyl (C=O) groups is 1. The first-order valence-corrected chi connectivity index (χ1v) is 8.58. The molecule has 4 rings (SSSR count). The topological polar surface area (TPSA) is 87.7 Å². The molecule has 1 aliphatic heterocycles. The summed E-state index contributed by atoms with van der Waals surface area (Å²) >= 11 is 0. The third kappa shape index (κ3) is 3.40. The largest absolute Gasteiger partial charge is 0.328 e. The van der Waals surface area contributed by atoms with Crippen LogP contribution in [0, 0.1) is 11.6 Å². The number of halogens is 2. The fourth-order valence-electron chi connectivity index (χ4n) is 3.23. The number of aromatic nitrogens is 5. The van der Waals surface area contributed by atoms with Crippen molar-refractivity contribution < 1.29 is 13.6 Å². The predicted octanol–water partition coefficient (Wildman–Crippen LogP) is 2.91. The summed E-state index contributed by atoms with van der Waals surface area (Å²) < 4.78 is 27.6. The molecule has 0 aliphatic carbocycles. The summed E-state index contributed by atoms with van der Waals surface area (Å²) in [6, 6.07) is 2.48. The van der Waals surface area contributed by atoms with Crippen molar-refractivity contribution in [2.75, 3.05) is 6.54 Å². The summed E-state index contributed by atoms with van der Waals surface area (Å²) in [5.74, 6) is -1.11. The second kappa shape index (κ2) is 7.18. The van der Waals surface area contributed by atoms with Crippen molar-refractivity contribution in [2.45, 2.75) is 25.3 Å². The molecule has 0 bridgehead atoms. The van der Waals surface area contributed by atoms with Gasteiger partial charge in [-0.15, -0.1) is 0 Å². The van der Waals surface area contributed by atoms with E-state index in [-0.39, 0.29) is 5.56 Å². The molecule has 1 saturated heterocycles. The third-order valence-corrected chi connectivity index (χ3v) is 4.53. The zero-order valence-electron chi connectivity index (χ0n) is 14.3. The Bertz CT molecular complexity index is 961. The van der Waals surface area contributed by atoms with Gasteiger partial charge in [0.05, 0.1) is 17.8 Å². The highest BCUT2D eigenvalue weighted by molar-refractivity contribution is 5.94. The third-order valence-electron chi connectivity index (χ3n) is 4.53. The number of benzene rings is 1. The first kappa shape index (κ1) is 17.2. The summed E-state index contributed by atoms with van der Waals surface area (Å²) in [5, 5.41) is 6.99. The van der Waals surface area contributed by atoms with E-state index < -0.39 is 23.6 Å². The lowest BCUT2D eigenvalue weighted by Gasteiger charge is -2.34. The molecule has 0 saturated carbocycles. The van der Waals surface area contributed by atoms with Gasteiger partial charge in [-0.25, -0.2) is 18.7 Å². The van der Waals surface area contributed by atoms with Crippen LogP contribution in [0.2, 0.25) is 0 Å². The van der Waals surface area contributed by atoms with Gasteiger partial charge < -0.3 is 4.90 Å². The molecule has 27 heavy (non-hydrogen) atoms. The first-order valence-electron chi connectivity index (χ1n) is 8.58. The number of piperidine rings is 1. The molecule has 1 aromatic carbocycles. The SMILES string of the molecule is O=C(c1cc(F)ccc1F)N1CCCCC1c1nc(-c2cnccn2)n[nH]1. The minimum absolute atomic E-state index is 0.282. The molecule has 1 N–H and O–H groups in total. The average Bonchev–Trinajstić information content (AvgIpc) is 3.20. The fraction of sp³-hybridized carbons (Fsp3) is 0.278. The molecule has 2 aromatic heterocycles. The van der Waals surface area contributed by atoms with Gasteiger partial charge in [0, 0.05) is 18.9 Å². The highest BCUT2D eigenvalue weighted by atomic mass is 19.1. The summed E-state index contributed by atoms with van der Waals surface area (Å²) in [4.78, 5) is 27.0. The molecule has 7 nitrogen and oxygen atoms in total. The van der Waals surface area contributed by atoms with E-state index in [0.717, 1.165) is 31.0 Å². The number of H-pyrrole nitrogens is 1. The minimum Gasteiger partial charge on any atom is -0.328 e. The zero-order valence-corrected chi connectivity index (χ0v) is 14.3. The molecular formula is C18H16F2N6O. The fourth-order valence-corrected chi connectivity index (χ4v) is 3.23. The lowest BCUT2D eigenvalue weighted by atomic mass is 10.00. The van der Waals surface area contributed by atoms with Crippen molar-refractivity contribution in [3.05, 3.63) is 59.8 Å². The standard InChI is InChI=1S/C18H16F2N6O/c19-11-4-5-13(20)12(9-11)18(27)26-8-2-1-3-15(26)17-23-16(24-25-17)14-10-21-6-7-22-14/h4-7,9-10,15H,1-3,8H2,(H,23,24,25). The van der Waals surface area contributed by atoms with E-state index in [1.54, 1.807) is 12.4 Å². The normalized spacial score (nSPS) is 17.1. The minimum atomic E-state index is -0.747. The van der Waals surface area contributed by atoms with Crippen LogP contribution in [0.25, 0.3) is 11.5 Å². The van der Waals surface area contributed by atoms with Crippen molar-refractivity contribution in [3.8, 4) is 11.5 Å². The molecule has 1 unspecified atom stereocenters. The van der Waals surface area contributed by atoms with Crippen molar-refractivity contribution in [2.24, 2.45) is 0 Å². The van der Waals surface area contributed by atoms with E-state index >= 15 is 0 Å². The lowest BCUT2D eigenvalue weighted by Crippen LogP contribution is -2.39. The summed E-state index contributed by atoms with van der Waals surface area (Å²) in [6.07, 6.45) is 6.95. The number of rotatable bonds is 3. The second-order valence-corrected chi connectivity index (χ2v) is 6.27. The van der Waals surface area contributed by atoms with E-state index in [2.05, 4.69) is 25.1 Å². The number of nitrogens with zero attached hydrogens (tertiary/aromatic N) is 5. The van der Waals surface area contributed by atoms with Crippen LogP contribution in [0.4, 0.5) is 8.78 Å². The van der Waals surface area contributed by atoms with Crippen LogP contribution in [0.3, 0.4) is 0 Å². The van der Waals surface area contributed by atoms with E-state index in [9.17, 15) is 13.6 Å². The Hall–Kier alpha value is -3.23. The Morgan fingerprint density at radius 3 is 2.93 bits per heavy atom. The number of amides is 1. The maximum atomic E-state index is 14.1. The van der Waals surface area contributed by atoms with Gasteiger partial charge in [0.1, 0.15) is 23.2 Å². The van der Waals surface area contributed by atoms with Crippen LogP contribution in [0.15, 0.2) is 36.8 Å². The maximum absolute atomic E-state index is 14.1. The highest BCUT2D eigenvalue weighted by Crippen LogP contribution is 2.31. The Labute approximate surface area is 153 Å². The van der Waals surface area contributed by atoms with E-state index in [1.807, 2.05) is 0 Å². The molecule has 3 heterocycles. The van der Waals surface area contributed by atoms with Crippen LogP contribution in [-0.2, 0) is 0 Å². The van der Waals surface area contributed by atoms with Crippen LogP contribution in [0.1, 0.15) is 41.5 Å². The molecular weight excluding hydrogens is 354 g/mol. The molecule has 138 valence electrons. The number of hydrogen-bond acceptors (Lipinski definition) is 5. The quantitative estimate of drug-likeness (QED) is 0.766. The molecule has 0 spiro atoms. The van der Waals surface area contributed by atoms with Gasteiger partial charge in [-0.1, -0.05) is 0 Å². The molecule has 1 fully saturated rings. The Balaban J connectivity index is 1.64. The van der Waals surface area contributed by atoms with Gasteiger partial charge in [-0.2, -0.15) is 5.10 Å². The van der Waals surface area contributed by atoms with Crippen molar-refractivity contribution in [1.82, 2.24) is 30.0 Å². The van der Waals surface area contributed by atoms with Gasteiger partial charge in [0.2, 0.25) is 5.82 Å². The lowest BCUT2D eigenvalue weighted by molar-refractivity contribution is 0.0595. The van der Waals surface area contributed by atoms with Gasteiger partial charge in [-0.05, 0) is 37.5 Å². The summed E-state index contributed by atoms with van der Waals surface area (Å²) in [6.45, 7) is 0.431. The van der Waals surface area contributed by atoms with Gasteiger partial charge >= 0.3 is 0 Å². The molecule has 3 aromatic rings. The summed E-state index contributed by atoms with van der Waals surface area (Å²) in [5.41, 5.74) is 0.223. The number of hydrogen-bond donors (Lipinski definition) is 1. The van der Waals surface area contributed by atoms with Crippen molar-refractivity contribution in [3.63, 3.8) is 0 Å². The van der Waals surface area contributed by atoms with E-state index in [4.69, 9.17) is 0 Å². The van der Waals surface area contributed by atoms with Gasteiger partial charge in [0.15, 0.2) is 0 Å². The van der Waals surface area contributed by atoms with Crippen molar-refractivity contribution in [1.29, 1.82) is 0 Å². The second-order valence-electron chi connectivity index (χ2n) is 6.27. The van der Waals surface area contributed by atoms with Crippen LogP contribution in [-0.4, -0.2) is 42.5 Å². The zero-order chi connectivity index (χ0) is 18.8. The molecule has 1 atom stereocenters. The molecule has 1 aliphatic rings. The number of likely N-dealkylation sites (tertiary alicyclic amines) is 1. The molecule has 1 amide bonds. The number of aromatic amines is 1. The Kier molecular flexibility index (Phi) is 4.57. The first-order chi connectivity index (χ1) is 13.1. The van der Waals surface area contributed by atoms with E-state index in [0.29, 0.717) is 30.3 Å². The summed E-state index contributed by atoms with van der Waals surface area (Å²) in [7, 11) is 0. The monoisotopic (exact) mass is 370 g/mol. The van der Waals surface area contributed by atoms with Crippen molar-refractivity contribution >= 4 is 5.91 Å².